The molecule has 5 rings (SSSR count). The molecular weight excluding hydrogens is 368 g/mol. The molecule has 5 aromatic rings. The Labute approximate surface area is 155 Å². The average molecular weight is 379 g/mol. The number of hydrogen-bond donors (Lipinski definition) is 2. The topological polar surface area (TPSA) is 66.5 Å². The molecule has 0 aliphatic rings. The summed E-state index contributed by atoms with van der Waals surface area (Å²) in [6.45, 7) is 0. The van der Waals surface area contributed by atoms with Gasteiger partial charge in [0.1, 0.15) is 23.1 Å². The number of aromatic amines is 1. The van der Waals surface area contributed by atoms with Crippen LogP contribution in [0.5, 0.6) is 0 Å². The van der Waals surface area contributed by atoms with Crippen LogP contribution < -0.4 is 5.32 Å². The molecule has 0 aliphatic carbocycles. The summed E-state index contributed by atoms with van der Waals surface area (Å²) in [6, 6.07) is 11.2. The number of hydrogen-bond acceptors (Lipinski definition) is 5. The van der Waals surface area contributed by atoms with E-state index in [9.17, 15) is 8.78 Å². The number of nitrogens with zero attached hydrogens (tertiary/aromatic N) is 3. The van der Waals surface area contributed by atoms with E-state index in [4.69, 9.17) is 4.98 Å². The van der Waals surface area contributed by atoms with Crippen LogP contribution in [0.3, 0.4) is 0 Å². The highest BCUT2D eigenvalue weighted by Gasteiger charge is 2.12. The smallest absolute Gasteiger partial charge is 0.149 e. The maximum Gasteiger partial charge on any atom is 0.149 e. The van der Waals surface area contributed by atoms with Crippen LogP contribution in [0.25, 0.3) is 32.2 Å². The Bertz CT molecular complexity index is 1260. The summed E-state index contributed by atoms with van der Waals surface area (Å²) >= 11 is 1.52. The molecule has 8 heteroatoms. The Balaban J connectivity index is 1.69. The zero-order valence-electron chi connectivity index (χ0n) is 13.7. The minimum Gasteiger partial charge on any atom is -0.339 e. The lowest BCUT2D eigenvalue weighted by molar-refractivity contribution is 0.584. The second-order valence-electron chi connectivity index (χ2n) is 5.99. The fraction of sp³-hybridized carbons (Fsp3) is 0. The maximum atomic E-state index is 13.5. The maximum absolute atomic E-state index is 13.5. The zero-order chi connectivity index (χ0) is 18.4. The fourth-order valence-electron chi connectivity index (χ4n) is 3.08. The summed E-state index contributed by atoms with van der Waals surface area (Å²) in [5.41, 5.74) is 2.65. The van der Waals surface area contributed by atoms with E-state index in [0.29, 0.717) is 17.2 Å². The predicted octanol–water partition coefficient (Wildman–Crippen LogP) is 5.26. The summed E-state index contributed by atoms with van der Waals surface area (Å²) in [7, 11) is 0. The number of aromatic nitrogens is 4. The lowest BCUT2D eigenvalue weighted by Crippen LogP contribution is -1.96. The SMILES string of the molecule is Fc1cc(F)cc(Nc2nc3cc(-c4cn[nH]n4)ccc3c3ccsc23)c1. The molecule has 132 valence electrons. The lowest BCUT2D eigenvalue weighted by Gasteiger charge is -2.10. The first-order valence-electron chi connectivity index (χ1n) is 8.07. The quantitative estimate of drug-likeness (QED) is 0.449. The normalized spacial score (nSPS) is 11.3. The Morgan fingerprint density at radius 2 is 1.81 bits per heavy atom. The molecule has 0 unspecified atom stereocenters. The van der Waals surface area contributed by atoms with E-state index < -0.39 is 11.6 Å². The van der Waals surface area contributed by atoms with Gasteiger partial charge in [-0.15, -0.1) is 11.3 Å². The third kappa shape index (κ3) is 2.80. The summed E-state index contributed by atoms with van der Waals surface area (Å²) in [5.74, 6) is -0.738. The van der Waals surface area contributed by atoms with Crippen molar-refractivity contribution in [2.45, 2.75) is 0 Å². The van der Waals surface area contributed by atoms with Gasteiger partial charge in [0, 0.05) is 28.1 Å². The first-order valence-corrected chi connectivity index (χ1v) is 8.95. The van der Waals surface area contributed by atoms with Crippen molar-refractivity contribution >= 4 is 43.8 Å². The van der Waals surface area contributed by atoms with Crippen LogP contribution >= 0.6 is 11.3 Å². The Kier molecular flexibility index (Phi) is 3.58. The van der Waals surface area contributed by atoms with E-state index in [1.165, 1.54) is 23.5 Å². The second kappa shape index (κ2) is 6.10. The Hall–Kier alpha value is -3.39. The van der Waals surface area contributed by atoms with Crippen LogP contribution in [0.1, 0.15) is 0 Å². The number of pyridine rings is 1. The summed E-state index contributed by atoms with van der Waals surface area (Å²) in [5, 5.41) is 17.6. The number of rotatable bonds is 3. The molecule has 0 bridgehead atoms. The number of H-pyrrole nitrogens is 1. The summed E-state index contributed by atoms with van der Waals surface area (Å²) in [4.78, 5) is 4.70. The van der Waals surface area contributed by atoms with Crippen molar-refractivity contribution in [1.82, 2.24) is 20.4 Å². The highest BCUT2D eigenvalue weighted by Crippen LogP contribution is 2.36. The van der Waals surface area contributed by atoms with Crippen molar-refractivity contribution in [1.29, 1.82) is 0 Å². The van der Waals surface area contributed by atoms with E-state index in [1.807, 2.05) is 29.6 Å². The monoisotopic (exact) mass is 379 g/mol. The van der Waals surface area contributed by atoms with Crippen LogP contribution in [0.2, 0.25) is 0 Å². The van der Waals surface area contributed by atoms with Crippen molar-refractivity contribution in [2.75, 3.05) is 5.32 Å². The van der Waals surface area contributed by atoms with Gasteiger partial charge < -0.3 is 5.32 Å². The van der Waals surface area contributed by atoms with Gasteiger partial charge in [0.15, 0.2) is 0 Å². The fourth-order valence-corrected chi connectivity index (χ4v) is 3.93. The number of benzene rings is 2. The van der Waals surface area contributed by atoms with Crippen molar-refractivity contribution in [3.8, 4) is 11.3 Å². The molecular formula is C19H11F2N5S. The molecule has 0 amide bonds. The molecule has 0 radical (unpaired) electrons. The first-order chi connectivity index (χ1) is 13.2. The van der Waals surface area contributed by atoms with Gasteiger partial charge >= 0.3 is 0 Å². The van der Waals surface area contributed by atoms with Gasteiger partial charge in [-0.2, -0.15) is 15.4 Å². The number of thiophene rings is 1. The van der Waals surface area contributed by atoms with Crippen LogP contribution in [-0.4, -0.2) is 20.4 Å². The number of nitrogens with one attached hydrogen (secondary N) is 2. The third-order valence-corrected chi connectivity index (χ3v) is 5.16. The van der Waals surface area contributed by atoms with E-state index in [0.717, 1.165) is 32.6 Å². The molecule has 0 saturated carbocycles. The third-order valence-electron chi connectivity index (χ3n) is 4.24. The molecule has 3 aromatic heterocycles. The van der Waals surface area contributed by atoms with Crippen molar-refractivity contribution < 1.29 is 8.78 Å². The van der Waals surface area contributed by atoms with Gasteiger partial charge in [-0.25, -0.2) is 13.8 Å². The zero-order valence-corrected chi connectivity index (χ0v) is 14.5. The molecule has 0 saturated heterocycles. The predicted molar refractivity (Wildman–Crippen MR) is 102 cm³/mol. The summed E-state index contributed by atoms with van der Waals surface area (Å²) < 4.78 is 28.0. The standard InChI is InChI=1S/C19H11F2N5S/c20-11-6-12(21)8-13(7-11)23-19-18-15(3-4-27-18)14-2-1-10(5-16(14)24-19)17-9-22-26-25-17/h1-9H,(H,23,24)(H,22,25,26). The highest BCUT2D eigenvalue weighted by molar-refractivity contribution is 7.18. The average Bonchev–Trinajstić information content (AvgIpc) is 3.33. The van der Waals surface area contributed by atoms with Crippen molar-refractivity contribution in [2.24, 2.45) is 0 Å². The molecule has 0 fully saturated rings. The van der Waals surface area contributed by atoms with Crippen LogP contribution in [0.4, 0.5) is 20.3 Å². The van der Waals surface area contributed by atoms with Gasteiger partial charge in [-0.1, -0.05) is 12.1 Å². The first kappa shape index (κ1) is 15.8. The largest absolute Gasteiger partial charge is 0.339 e. The number of fused-ring (bicyclic) bond motifs is 3. The van der Waals surface area contributed by atoms with E-state index in [1.54, 1.807) is 6.20 Å². The van der Waals surface area contributed by atoms with E-state index in [2.05, 4.69) is 20.7 Å². The second-order valence-corrected chi connectivity index (χ2v) is 6.91. The number of anilines is 2. The van der Waals surface area contributed by atoms with Crippen LogP contribution in [0.15, 0.2) is 54.0 Å². The van der Waals surface area contributed by atoms with Gasteiger partial charge in [0.25, 0.3) is 0 Å². The minimum absolute atomic E-state index is 0.307. The molecule has 5 nitrogen and oxygen atoms in total. The Morgan fingerprint density at radius 1 is 0.963 bits per heavy atom. The molecule has 0 aliphatic heterocycles. The summed E-state index contributed by atoms with van der Waals surface area (Å²) in [6.07, 6.45) is 1.64. The molecule has 0 spiro atoms. The van der Waals surface area contributed by atoms with Gasteiger partial charge in [-0.05, 0) is 29.6 Å². The van der Waals surface area contributed by atoms with Crippen molar-refractivity contribution in [3.05, 3.63) is 65.7 Å². The molecule has 2 aromatic carbocycles. The van der Waals surface area contributed by atoms with Gasteiger partial charge in [0.05, 0.1) is 16.4 Å². The van der Waals surface area contributed by atoms with Gasteiger partial charge in [0.2, 0.25) is 0 Å². The highest BCUT2D eigenvalue weighted by atomic mass is 32.1. The lowest BCUT2D eigenvalue weighted by atomic mass is 10.1. The number of halogens is 2. The molecule has 27 heavy (non-hydrogen) atoms. The molecule has 0 atom stereocenters. The minimum atomic E-state index is -0.644. The Morgan fingerprint density at radius 3 is 2.59 bits per heavy atom. The van der Waals surface area contributed by atoms with Crippen molar-refractivity contribution in [3.63, 3.8) is 0 Å². The molecule has 3 heterocycles. The van der Waals surface area contributed by atoms with Gasteiger partial charge in [-0.3, -0.25) is 0 Å². The molecule has 2 N–H and O–H groups in total. The van der Waals surface area contributed by atoms with E-state index >= 15 is 0 Å². The van der Waals surface area contributed by atoms with Crippen LogP contribution in [0, 0.1) is 11.6 Å². The van der Waals surface area contributed by atoms with Crippen LogP contribution in [-0.2, 0) is 0 Å². The van der Waals surface area contributed by atoms with E-state index in [-0.39, 0.29) is 0 Å².